The molecule has 0 bridgehead atoms. The van der Waals surface area contributed by atoms with Crippen LogP contribution in [0, 0.1) is 0 Å². The van der Waals surface area contributed by atoms with Gasteiger partial charge < -0.3 is 30.9 Å². The average molecular weight is 179 g/mol. The zero-order valence-corrected chi connectivity index (χ0v) is 6.37. The summed E-state index contributed by atoms with van der Waals surface area (Å²) in [6.45, 7) is -0.470. The minimum Gasteiger partial charge on any atom is -0.394 e. The van der Waals surface area contributed by atoms with E-state index in [9.17, 15) is 10.2 Å². The second kappa shape index (κ2) is 3.65. The van der Waals surface area contributed by atoms with Crippen molar-refractivity contribution in [3.05, 3.63) is 0 Å². The van der Waals surface area contributed by atoms with Gasteiger partial charge in [-0.3, -0.25) is 0 Å². The number of nitrogens with two attached hydrogens (primary N) is 1. The molecule has 1 aliphatic heterocycles. The molecule has 1 heterocycles. The second-order valence-corrected chi connectivity index (χ2v) is 2.81. The molecule has 0 saturated carbocycles. The molecule has 1 unspecified atom stereocenters. The van der Waals surface area contributed by atoms with Crippen molar-refractivity contribution in [2.45, 2.75) is 30.6 Å². The van der Waals surface area contributed by atoms with Crippen LogP contribution in [0.2, 0.25) is 0 Å². The molecule has 0 aromatic heterocycles. The predicted octanol–water partition coefficient (Wildman–Crippen LogP) is -3.26. The highest BCUT2D eigenvalue weighted by Gasteiger charge is 2.41. The predicted molar refractivity (Wildman–Crippen MR) is 38.0 cm³/mol. The lowest BCUT2D eigenvalue weighted by atomic mass is 9.98. The number of hydrogen-bond donors (Lipinski definition) is 5. The molecule has 1 aliphatic rings. The van der Waals surface area contributed by atoms with Gasteiger partial charge in [0.25, 0.3) is 0 Å². The van der Waals surface area contributed by atoms with Crippen LogP contribution in [0.1, 0.15) is 0 Å². The van der Waals surface area contributed by atoms with E-state index in [0.717, 1.165) is 0 Å². The fourth-order valence-electron chi connectivity index (χ4n) is 1.12. The second-order valence-electron chi connectivity index (χ2n) is 2.81. The number of aliphatic hydroxyl groups is 4. The van der Waals surface area contributed by atoms with Gasteiger partial charge in [-0.15, -0.1) is 0 Å². The van der Waals surface area contributed by atoms with E-state index < -0.39 is 37.3 Å². The Labute approximate surface area is 69.2 Å². The lowest BCUT2D eigenvalue weighted by molar-refractivity contribution is -0.248. The van der Waals surface area contributed by atoms with Gasteiger partial charge in [-0.05, 0) is 0 Å². The van der Waals surface area contributed by atoms with E-state index in [1.54, 1.807) is 0 Å². The summed E-state index contributed by atoms with van der Waals surface area (Å²) >= 11 is 0. The topological polar surface area (TPSA) is 116 Å². The van der Waals surface area contributed by atoms with E-state index in [2.05, 4.69) is 0 Å². The van der Waals surface area contributed by atoms with Crippen LogP contribution in [-0.2, 0) is 4.74 Å². The van der Waals surface area contributed by atoms with Crippen LogP contribution in [0.25, 0.3) is 0 Å². The summed E-state index contributed by atoms with van der Waals surface area (Å²) < 4.78 is 4.70. The van der Waals surface area contributed by atoms with Crippen molar-refractivity contribution < 1.29 is 25.2 Å². The number of ether oxygens (including phenoxy) is 1. The summed E-state index contributed by atoms with van der Waals surface area (Å²) in [6, 6.07) is -1.04. The summed E-state index contributed by atoms with van der Waals surface area (Å²) in [7, 11) is 0. The van der Waals surface area contributed by atoms with Gasteiger partial charge in [0.05, 0.1) is 12.6 Å². The Balaban J connectivity index is 2.63. The Morgan fingerprint density at radius 3 is 2.25 bits per heavy atom. The molecule has 0 radical (unpaired) electrons. The number of hydrogen-bond acceptors (Lipinski definition) is 6. The van der Waals surface area contributed by atoms with Gasteiger partial charge in [-0.2, -0.15) is 0 Å². The molecule has 1 saturated heterocycles. The summed E-state index contributed by atoms with van der Waals surface area (Å²) in [5, 5.41) is 36.1. The molecule has 1 rings (SSSR count). The normalized spacial score (nSPS) is 49.2. The van der Waals surface area contributed by atoms with Gasteiger partial charge >= 0.3 is 0 Å². The van der Waals surface area contributed by atoms with Crippen molar-refractivity contribution in [2.24, 2.45) is 5.73 Å². The van der Waals surface area contributed by atoms with E-state index in [1.807, 2.05) is 0 Å². The molecule has 5 atom stereocenters. The van der Waals surface area contributed by atoms with Crippen molar-refractivity contribution in [1.29, 1.82) is 0 Å². The number of rotatable bonds is 1. The van der Waals surface area contributed by atoms with E-state index in [4.69, 9.17) is 20.7 Å². The maximum Gasteiger partial charge on any atom is 0.173 e. The Kier molecular flexibility index (Phi) is 2.99. The first-order chi connectivity index (χ1) is 5.57. The van der Waals surface area contributed by atoms with Crippen molar-refractivity contribution in [1.82, 2.24) is 0 Å². The zero-order chi connectivity index (χ0) is 9.30. The SMILES string of the molecule is N[C@@H]1[C@@H](O)[C@@H](O)C(CO)O[C@@H]1O. The summed E-state index contributed by atoms with van der Waals surface area (Å²) in [6.07, 6.45) is -4.85. The molecule has 0 aromatic rings. The Hall–Kier alpha value is -0.240. The lowest BCUT2D eigenvalue weighted by Crippen LogP contribution is -2.61. The van der Waals surface area contributed by atoms with E-state index in [0.29, 0.717) is 0 Å². The minimum absolute atomic E-state index is 0.470. The monoisotopic (exact) mass is 179 g/mol. The van der Waals surface area contributed by atoms with E-state index in [-0.39, 0.29) is 0 Å². The third kappa shape index (κ3) is 1.58. The molecule has 0 aromatic carbocycles. The van der Waals surface area contributed by atoms with Crippen molar-refractivity contribution in [2.75, 3.05) is 6.61 Å². The van der Waals surface area contributed by atoms with Gasteiger partial charge in [0.1, 0.15) is 18.3 Å². The maximum absolute atomic E-state index is 9.20. The lowest BCUT2D eigenvalue weighted by Gasteiger charge is -2.38. The van der Waals surface area contributed by atoms with Crippen molar-refractivity contribution in [3.8, 4) is 0 Å². The largest absolute Gasteiger partial charge is 0.394 e. The highest BCUT2D eigenvalue weighted by atomic mass is 16.6. The first-order valence-corrected chi connectivity index (χ1v) is 3.64. The van der Waals surface area contributed by atoms with Crippen LogP contribution in [0.15, 0.2) is 0 Å². The molecule has 6 N–H and O–H groups in total. The molecular formula is C6H13NO5. The van der Waals surface area contributed by atoms with Crippen LogP contribution in [-0.4, -0.2) is 57.7 Å². The van der Waals surface area contributed by atoms with Crippen LogP contribution in [0.3, 0.4) is 0 Å². The standard InChI is InChI=1S/C6H13NO5/c7-3-5(10)4(9)2(1-8)12-6(3)11/h2-6,8-11H,1,7H2/t2?,3-,4+,5-,6+/m1/s1. The third-order valence-electron chi connectivity index (χ3n) is 1.95. The third-order valence-corrected chi connectivity index (χ3v) is 1.95. The Bertz CT molecular complexity index is 150. The number of aliphatic hydroxyl groups excluding tert-OH is 4. The molecule has 1 fully saturated rings. The quantitative estimate of drug-likeness (QED) is 0.288. The Morgan fingerprint density at radius 2 is 1.75 bits per heavy atom. The highest BCUT2D eigenvalue weighted by molar-refractivity contribution is 4.90. The molecule has 6 heteroatoms. The van der Waals surface area contributed by atoms with Gasteiger partial charge in [0, 0.05) is 0 Å². The minimum atomic E-state index is -1.35. The van der Waals surface area contributed by atoms with Gasteiger partial charge in [-0.1, -0.05) is 0 Å². The summed E-state index contributed by atoms with van der Waals surface area (Å²) in [5.74, 6) is 0. The van der Waals surface area contributed by atoms with Crippen LogP contribution < -0.4 is 5.73 Å². The van der Waals surface area contributed by atoms with Gasteiger partial charge in [0.2, 0.25) is 0 Å². The zero-order valence-electron chi connectivity index (χ0n) is 6.37. The average Bonchev–Trinajstić information content (AvgIpc) is 2.08. The molecule has 72 valence electrons. The maximum atomic E-state index is 9.20. The molecule has 0 amide bonds. The highest BCUT2D eigenvalue weighted by Crippen LogP contribution is 2.17. The molecule has 12 heavy (non-hydrogen) atoms. The molecule has 0 aliphatic carbocycles. The molecule has 6 nitrogen and oxygen atoms in total. The Morgan fingerprint density at radius 1 is 1.17 bits per heavy atom. The van der Waals surface area contributed by atoms with Crippen LogP contribution >= 0.6 is 0 Å². The first kappa shape index (κ1) is 9.85. The van der Waals surface area contributed by atoms with Gasteiger partial charge in [-0.25, -0.2) is 0 Å². The fourth-order valence-corrected chi connectivity index (χ4v) is 1.12. The fraction of sp³-hybridized carbons (Fsp3) is 1.00. The van der Waals surface area contributed by atoms with E-state index in [1.165, 1.54) is 0 Å². The van der Waals surface area contributed by atoms with E-state index >= 15 is 0 Å². The summed E-state index contributed by atoms with van der Waals surface area (Å²) in [5.41, 5.74) is 5.26. The van der Waals surface area contributed by atoms with Crippen molar-refractivity contribution in [3.63, 3.8) is 0 Å². The summed E-state index contributed by atoms with van der Waals surface area (Å²) in [4.78, 5) is 0. The van der Waals surface area contributed by atoms with Crippen molar-refractivity contribution >= 4 is 0 Å². The van der Waals surface area contributed by atoms with Crippen LogP contribution in [0.5, 0.6) is 0 Å². The van der Waals surface area contributed by atoms with Gasteiger partial charge in [0.15, 0.2) is 6.29 Å². The smallest absolute Gasteiger partial charge is 0.173 e. The molecule has 0 spiro atoms. The van der Waals surface area contributed by atoms with Crippen LogP contribution in [0.4, 0.5) is 0 Å². The molecular weight excluding hydrogens is 166 g/mol. The first-order valence-electron chi connectivity index (χ1n) is 3.64.